The fourth-order valence-corrected chi connectivity index (χ4v) is 2.55. The van der Waals surface area contributed by atoms with Crippen molar-refractivity contribution < 1.29 is 14.2 Å². The molecule has 3 nitrogen and oxygen atoms in total. The summed E-state index contributed by atoms with van der Waals surface area (Å²) in [4.78, 5) is 0. The molecular formula is C12H15ClFNO2. The molecule has 0 radical (unpaired) electrons. The third-order valence-corrected chi connectivity index (χ3v) is 3.57. The number of halogens is 2. The van der Waals surface area contributed by atoms with Gasteiger partial charge in [0.1, 0.15) is 0 Å². The van der Waals surface area contributed by atoms with Crippen LogP contribution in [0.3, 0.4) is 0 Å². The van der Waals surface area contributed by atoms with Gasteiger partial charge in [-0.2, -0.15) is 0 Å². The van der Waals surface area contributed by atoms with E-state index in [1.54, 1.807) is 0 Å². The first-order chi connectivity index (χ1) is 7.99. The lowest BCUT2D eigenvalue weighted by molar-refractivity contribution is 0.340. The molecule has 0 amide bonds. The Morgan fingerprint density at radius 1 is 1.59 bits per heavy atom. The van der Waals surface area contributed by atoms with E-state index in [1.165, 1.54) is 13.2 Å². The molecule has 0 bridgehead atoms. The normalized spacial score (nSPS) is 24.0. The molecule has 1 heterocycles. The van der Waals surface area contributed by atoms with Crippen LogP contribution in [0.5, 0.6) is 11.5 Å². The van der Waals surface area contributed by atoms with E-state index in [9.17, 15) is 9.50 Å². The van der Waals surface area contributed by atoms with Crippen molar-refractivity contribution in [2.24, 2.45) is 0 Å². The third kappa shape index (κ3) is 1.96. The van der Waals surface area contributed by atoms with Crippen LogP contribution in [0.1, 0.15) is 25.3 Å². The predicted molar refractivity (Wildman–Crippen MR) is 64.2 cm³/mol. The maximum atomic E-state index is 14.1. The number of benzene rings is 1. The highest BCUT2D eigenvalue weighted by atomic mass is 35.5. The Hall–Kier alpha value is -1.00. The number of methoxy groups -OCH3 is 1. The number of phenols is 1. The molecule has 0 saturated carbocycles. The first-order valence-corrected chi connectivity index (χ1v) is 5.88. The molecule has 0 aliphatic carbocycles. The zero-order chi connectivity index (χ0) is 12.6. The summed E-state index contributed by atoms with van der Waals surface area (Å²) in [6, 6.07) is 1.29. The molecule has 2 rings (SSSR count). The molecule has 1 aliphatic rings. The summed E-state index contributed by atoms with van der Waals surface area (Å²) in [6.45, 7) is 2.65. The lowest BCUT2D eigenvalue weighted by Gasteiger charge is -2.27. The number of ether oxygens (including phenoxy) is 1. The van der Waals surface area contributed by atoms with Gasteiger partial charge in [0.25, 0.3) is 0 Å². The Kier molecular flexibility index (Phi) is 3.19. The Labute approximate surface area is 105 Å². The molecule has 5 heteroatoms. The Balaban J connectivity index is 2.62. The molecule has 1 aliphatic heterocycles. The topological polar surface area (TPSA) is 41.5 Å². The first kappa shape index (κ1) is 12.5. The predicted octanol–water partition coefficient (Wildman–Crippen LogP) is 2.79. The summed E-state index contributed by atoms with van der Waals surface area (Å²) in [5.41, 5.74) is -0.397. The van der Waals surface area contributed by atoms with Gasteiger partial charge in [0.05, 0.1) is 17.7 Å². The second-order valence-electron chi connectivity index (χ2n) is 4.46. The van der Waals surface area contributed by atoms with Gasteiger partial charge in [-0.1, -0.05) is 11.6 Å². The highest BCUT2D eigenvalue weighted by molar-refractivity contribution is 6.31. The molecular weight excluding hydrogens is 245 g/mol. The van der Waals surface area contributed by atoms with E-state index in [-0.39, 0.29) is 22.1 Å². The quantitative estimate of drug-likeness (QED) is 0.858. The van der Waals surface area contributed by atoms with E-state index >= 15 is 0 Å². The summed E-state index contributed by atoms with van der Waals surface area (Å²) in [5, 5.41) is 13.2. The minimum atomic E-state index is -0.591. The van der Waals surface area contributed by atoms with Crippen LogP contribution in [-0.4, -0.2) is 18.8 Å². The zero-order valence-electron chi connectivity index (χ0n) is 9.81. The molecule has 0 aromatic heterocycles. The van der Waals surface area contributed by atoms with Crippen molar-refractivity contribution in [3.8, 4) is 11.5 Å². The largest absolute Gasteiger partial charge is 0.504 e. The lowest BCUT2D eigenvalue weighted by Crippen LogP contribution is -2.34. The molecule has 2 N–H and O–H groups in total. The van der Waals surface area contributed by atoms with E-state index in [2.05, 4.69) is 5.32 Å². The van der Waals surface area contributed by atoms with Gasteiger partial charge < -0.3 is 15.2 Å². The number of aromatic hydroxyl groups is 1. The van der Waals surface area contributed by atoms with Gasteiger partial charge in [0.2, 0.25) is 0 Å². The van der Waals surface area contributed by atoms with Crippen LogP contribution >= 0.6 is 11.6 Å². The second kappa shape index (κ2) is 4.35. The van der Waals surface area contributed by atoms with Crippen LogP contribution in [0.15, 0.2) is 6.07 Å². The molecule has 1 saturated heterocycles. The number of nitrogens with one attached hydrogen (secondary N) is 1. The van der Waals surface area contributed by atoms with Crippen LogP contribution < -0.4 is 10.1 Å². The van der Waals surface area contributed by atoms with Crippen molar-refractivity contribution in [1.82, 2.24) is 5.32 Å². The summed E-state index contributed by atoms with van der Waals surface area (Å²) in [7, 11) is 1.41. The summed E-state index contributed by atoms with van der Waals surface area (Å²) < 4.78 is 19.1. The molecule has 0 spiro atoms. The maximum absolute atomic E-state index is 14.1. The summed E-state index contributed by atoms with van der Waals surface area (Å²) >= 11 is 5.82. The van der Waals surface area contributed by atoms with Gasteiger partial charge >= 0.3 is 0 Å². The average molecular weight is 260 g/mol. The fourth-order valence-electron chi connectivity index (χ4n) is 2.36. The maximum Gasteiger partial charge on any atom is 0.165 e. The Bertz CT molecular complexity index is 445. The number of phenolic OH excluding ortho intramolecular Hbond substituents is 1. The van der Waals surface area contributed by atoms with Gasteiger partial charge in [0.15, 0.2) is 17.3 Å². The van der Waals surface area contributed by atoms with Crippen molar-refractivity contribution in [2.75, 3.05) is 13.7 Å². The van der Waals surface area contributed by atoms with Crippen molar-refractivity contribution in [2.45, 2.75) is 25.3 Å². The minimum Gasteiger partial charge on any atom is -0.504 e. The average Bonchev–Trinajstić information content (AvgIpc) is 2.71. The Morgan fingerprint density at radius 3 is 2.82 bits per heavy atom. The van der Waals surface area contributed by atoms with Crippen molar-refractivity contribution >= 4 is 11.6 Å². The van der Waals surface area contributed by atoms with Gasteiger partial charge in [-0.15, -0.1) is 0 Å². The summed E-state index contributed by atoms with van der Waals surface area (Å²) in [6.07, 6.45) is 1.69. The van der Waals surface area contributed by atoms with Crippen LogP contribution in [0.25, 0.3) is 0 Å². The van der Waals surface area contributed by atoms with Crippen molar-refractivity contribution in [3.63, 3.8) is 0 Å². The fraction of sp³-hybridized carbons (Fsp3) is 0.500. The Morgan fingerprint density at radius 2 is 2.29 bits per heavy atom. The van der Waals surface area contributed by atoms with Crippen LogP contribution in [0.4, 0.5) is 4.39 Å². The first-order valence-electron chi connectivity index (χ1n) is 5.50. The SMILES string of the molecule is COc1cc(Cl)c(F)c(C2(C)CCCN2)c1O. The van der Waals surface area contributed by atoms with Gasteiger partial charge in [-0.05, 0) is 26.3 Å². The van der Waals surface area contributed by atoms with Crippen LogP contribution in [0.2, 0.25) is 5.02 Å². The monoisotopic (exact) mass is 259 g/mol. The second-order valence-corrected chi connectivity index (χ2v) is 4.87. The number of hydrogen-bond donors (Lipinski definition) is 2. The third-order valence-electron chi connectivity index (χ3n) is 3.30. The molecule has 1 fully saturated rings. The van der Waals surface area contributed by atoms with E-state index in [1.807, 2.05) is 6.92 Å². The lowest BCUT2D eigenvalue weighted by atomic mass is 9.89. The van der Waals surface area contributed by atoms with Crippen molar-refractivity contribution in [3.05, 3.63) is 22.5 Å². The molecule has 1 aromatic carbocycles. The zero-order valence-corrected chi connectivity index (χ0v) is 10.6. The van der Waals surface area contributed by atoms with Crippen LogP contribution in [0, 0.1) is 5.82 Å². The molecule has 1 unspecified atom stereocenters. The number of rotatable bonds is 2. The van der Waals surface area contributed by atoms with E-state index < -0.39 is 11.4 Å². The van der Waals surface area contributed by atoms with E-state index in [0.717, 1.165) is 19.4 Å². The smallest absolute Gasteiger partial charge is 0.165 e. The van der Waals surface area contributed by atoms with E-state index in [4.69, 9.17) is 16.3 Å². The van der Waals surface area contributed by atoms with Gasteiger partial charge in [-0.3, -0.25) is 0 Å². The number of hydrogen-bond acceptors (Lipinski definition) is 3. The molecule has 1 atom stereocenters. The van der Waals surface area contributed by atoms with Crippen molar-refractivity contribution in [1.29, 1.82) is 0 Å². The minimum absolute atomic E-state index is 0.0374. The van der Waals surface area contributed by atoms with Crippen LogP contribution in [-0.2, 0) is 5.54 Å². The van der Waals surface area contributed by atoms with E-state index in [0.29, 0.717) is 0 Å². The van der Waals surface area contributed by atoms with Gasteiger partial charge in [0, 0.05) is 11.6 Å². The molecule has 1 aromatic rings. The highest BCUT2D eigenvalue weighted by Crippen LogP contribution is 2.44. The summed E-state index contributed by atoms with van der Waals surface area (Å²) in [5.74, 6) is -0.561. The molecule has 17 heavy (non-hydrogen) atoms. The highest BCUT2D eigenvalue weighted by Gasteiger charge is 2.37. The molecule has 94 valence electrons. The standard InChI is InChI=1S/C12H15ClFNO2/c1-12(4-3-5-15-12)9-10(14)7(13)6-8(17-2)11(9)16/h6,15-16H,3-5H2,1-2H3. The van der Waals surface area contributed by atoms with Gasteiger partial charge in [-0.25, -0.2) is 4.39 Å².